The fourth-order valence-corrected chi connectivity index (χ4v) is 2.33. The number of hydrazine groups is 1. The molecule has 1 aromatic rings. The predicted molar refractivity (Wildman–Crippen MR) is 79.7 cm³/mol. The van der Waals surface area contributed by atoms with Crippen molar-refractivity contribution in [1.29, 1.82) is 0 Å². The molecular formula is C14H23N5O. The number of hydrogen-bond donors (Lipinski definition) is 3. The number of oxime groups is 1. The van der Waals surface area contributed by atoms with Crippen molar-refractivity contribution in [2.75, 3.05) is 39.8 Å². The molecule has 0 aliphatic carbocycles. The van der Waals surface area contributed by atoms with E-state index >= 15 is 0 Å². The lowest BCUT2D eigenvalue weighted by Gasteiger charge is -2.33. The van der Waals surface area contributed by atoms with E-state index in [0.29, 0.717) is 6.54 Å². The SMILES string of the molecule is CN1CCN(NCC(/C(N)=N/O)c2ccccc2)CC1. The Bertz CT molecular complexity index is 428. The van der Waals surface area contributed by atoms with E-state index in [1.165, 1.54) is 0 Å². The summed E-state index contributed by atoms with van der Waals surface area (Å²) in [6, 6.07) is 9.87. The second-order valence-electron chi connectivity index (χ2n) is 5.14. The minimum Gasteiger partial charge on any atom is -0.409 e. The Morgan fingerprint density at radius 2 is 1.95 bits per heavy atom. The molecule has 0 bridgehead atoms. The van der Waals surface area contributed by atoms with Gasteiger partial charge in [0.15, 0.2) is 0 Å². The molecule has 0 saturated carbocycles. The average Bonchev–Trinajstić information content (AvgIpc) is 2.50. The van der Waals surface area contributed by atoms with Crippen molar-refractivity contribution < 1.29 is 5.21 Å². The van der Waals surface area contributed by atoms with E-state index in [-0.39, 0.29) is 11.8 Å². The number of nitrogens with zero attached hydrogens (tertiary/aromatic N) is 3. The smallest absolute Gasteiger partial charge is 0.148 e. The zero-order chi connectivity index (χ0) is 14.4. The summed E-state index contributed by atoms with van der Waals surface area (Å²) in [4.78, 5) is 2.30. The lowest BCUT2D eigenvalue weighted by molar-refractivity contribution is 0.104. The molecule has 0 amide bonds. The average molecular weight is 277 g/mol. The van der Waals surface area contributed by atoms with Gasteiger partial charge in [0.25, 0.3) is 0 Å². The molecule has 20 heavy (non-hydrogen) atoms. The quantitative estimate of drug-likeness (QED) is 0.312. The van der Waals surface area contributed by atoms with Crippen molar-refractivity contribution in [3.63, 3.8) is 0 Å². The molecule has 0 spiro atoms. The molecular weight excluding hydrogens is 254 g/mol. The number of nitrogens with two attached hydrogens (primary N) is 1. The number of hydrogen-bond acceptors (Lipinski definition) is 5. The second-order valence-corrected chi connectivity index (χ2v) is 5.14. The van der Waals surface area contributed by atoms with Crippen LogP contribution in [-0.4, -0.2) is 60.7 Å². The first kappa shape index (κ1) is 14.8. The zero-order valence-electron chi connectivity index (χ0n) is 11.9. The molecule has 110 valence electrons. The third-order valence-corrected chi connectivity index (χ3v) is 3.70. The molecule has 1 aliphatic rings. The minimum atomic E-state index is -0.124. The highest BCUT2D eigenvalue weighted by atomic mass is 16.4. The second kappa shape index (κ2) is 7.23. The van der Waals surface area contributed by atoms with Gasteiger partial charge < -0.3 is 15.8 Å². The summed E-state index contributed by atoms with van der Waals surface area (Å²) < 4.78 is 0. The highest BCUT2D eigenvalue weighted by molar-refractivity contribution is 5.87. The number of nitrogens with one attached hydrogen (secondary N) is 1. The van der Waals surface area contributed by atoms with Crippen molar-refractivity contribution in [2.45, 2.75) is 5.92 Å². The number of benzene rings is 1. The summed E-state index contributed by atoms with van der Waals surface area (Å²) in [7, 11) is 2.13. The summed E-state index contributed by atoms with van der Waals surface area (Å²) in [5.74, 6) is 0.110. The fraction of sp³-hybridized carbons (Fsp3) is 0.500. The first-order chi connectivity index (χ1) is 9.70. The van der Waals surface area contributed by atoms with Gasteiger partial charge in [-0.15, -0.1) is 0 Å². The first-order valence-electron chi connectivity index (χ1n) is 6.90. The van der Waals surface area contributed by atoms with Crippen LogP contribution in [0.3, 0.4) is 0 Å². The van der Waals surface area contributed by atoms with E-state index in [1.807, 2.05) is 30.3 Å². The molecule has 0 aromatic heterocycles. The van der Waals surface area contributed by atoms with Gasteiger partial charge in [-0.1, -0.05) is 35.5 Å². The molecule has 1 aromatic carbocycles. The summed E-state index contributed by atoms with van der Waals surface area (Å²) in [5.41, 5.74) is 10.3. The molecule has 1 unspecified atom stereocenters. The van der Waals surface area contributed by atoms with Crippen LogP contribution in [0, 0.1) is 0 Å². The zero-order valence-corrected chi connectivity index (χ0v) is 11.9. The van der Waals surface area contributed by atoms with Gasteiger partial charge in [-0.25, -0.2) is 5.01 Å². The first-order valence-corrected chi connectivity index (χ1v) is 6.90. The topological polar surface area (TPSA) is 77.1 Å². The molecule has 1 atom stereocenters. The molecule has 1 heterocycles. The Morgan fingerprint density at radius 1 is 1.30 bits per heavy atom. The van der Waals surface area contributed by atoms with Crippen molar-refractivity contribution in [3.8, 4) is 0 Å². The van der Waals surface area contributed by atoms with Gasteiger partial charge >= 0.3 is 0 Å². The Morgan fingerprint density at radius 3 is 2.55 bits per heavy atom. The third kappa shape index (κ3) is 3.93. The van der Waals surface area contributed by atoms with Crippen LogP contribution in [0.2, 0.25) is 0 Å². The lowest BCUT2D eigenvalue weighted by atomic mass is 9.98. The van der Waals surface area contributed by atoms with E-state index < -0.39 is 0 Å². The van der Waals surface area contributed by atoms with E-state index in [9.17, 15) is 0 Å². The van der Waals surface area contributed by atoms with E-state index in [2.05, 4.69) is 27.5 Å². The minimum absolute atomic E-state index is 0.124. The van der Waals surface area contributed by atoms with Crippen molar-refractivity contribution >= 4 is 5.84 Å². The number of rotatable bonds is 5. The Kier molecular flexibility index (Phi) is 5.34. The molecule has 6 nitrogen and oxygen atoms in total. The molecule has 4 N–H and O–H groups in total. The van der Waals surface area contributed by atoms with Crippen LogP contribution in [0.5, 0.6) is 0 Å². The highest BCUT2D eigenvalue weighted by Crippen LogP contribution is 2.15. The van der Waals surface area contributed by atoms with Crippen LogP contribution in [0.25, 0.3) is 0 Å². The van der Waals surface area contributed by atoms with Gasteiger partial charge in [-0.3, -0.25) is 5.43 Å². The Hall–Kier alpha value is -1.63. The third-order valence-electron chi connectivity index (χ3n) is 3.70. The maximum absolute atomic E-state index is 8.95. The van der Waals surface area contributed by atoms with Crippen molar-refractivity contribution in [3.05, 3.63) is 35.9 Å². The van der Waals surface area contributed by atoms with Crippen LogP contribution in [-0.2, 0) is 0 Å². The van der Waals surface area contributed by atoms with Crippen molar-refractivity contribution in [2.24, 2.45) is 10.9 Å². The van der Waals surface area contributed by atoms with Gasteiger partial charge in [-0.05, 0) is 12.6 Å². The summed E-state index contributed by atoms with van der Waals surface area (Å²) in [6.07, 6.45) is 0. The van der Waals surface area contributed by atoms with Gasteiger partial charge in [0.05, 0.1) is 5.92 Å². The van der Waals surface area contributed by atoms with Gasteiger partial charge in [-0.2, -0.15) is 0 Å². The van der Waals surface area contributed by atoms with Crippen molar-refractivity contribution in [1.82, 2.24) is 15.3 Å². The summed E-state index contributed by atoms with van der Waals surface area (Å²) in [5, 5.41) is 14.3. The predicted octanol–water partition coefficient (Wildman–Crippen LogP) is 0.269. The van der Waals surface area contributed by atoms with Gasteiger partial charge in [0, 0.05) is 32.7 Å². The van der Waals surface area contributed by atoms with Crippen LogP contribution in [0.15, 0.2) is 35.5 Å². The monoisotopic (exact) mass is 277 g/mol. The highest BCUT2D eigenvalue weighted by Gasteiger charge is 2.19. The Balaban J connectivity index is 1.95. The fourth-order valence-electron chi connectivity index (χ4n) is 2.33. The van der Waals surface area contributed by atoms with Gasteiger partial charge in [0.1, 0.15) is 5.84 Å². The largest absolute Gasteiger partial charge is 0.409 e. The standard InChI is InChI=1S/C14H23N5O/c1-18-7-9-19(10-8-18)16-11-13(14(15)17-20)12-5-3-2-4-6-12/h2-6,13,16,20H,7-11H2,1H3,(H2,15,17). The van der Waals surface area contributed by atoms with E-state index in [4.69, 9.17) is 10.9 Å². The number of likely N-dealkylation sites (N-methyl/N-ethyl adjacent to an activating group) is 1. The van der Waals surface area contributed by atoms with Crippen LogP contribution in [0.1, 0.15) is 11.5 Å². The molecule has 6 heteroatoms. The molecule has 1 fully saturated rings. The van der Waals surface area contributed by atoms with Crippen LogP contribution >= 0.6 is 0 Å². The normalized spacial score (nSPS) is 19.9. The Labute approximate surface area is 119 Å². The molecule has 1 aliphatic heterocycles. The van der Waals surface area contributed by atoms with Crippen LogP contribution < -0.4 is 11.2 Å². The van der Waals surface area contributed by atoms with E-state index in [1.54, 1.807) is 0 Å². The molecule has 1 saturated heterocycles. The maximum atomic E-state index is 8.95. The summed E-state index contributed by atoms with van der Waals surface area (Å²) >= 11 is 0. The lowest BCUT2D eigenvalue weighted by Crippen LogP contribution is -2.52. The maximum Gasteiger partial charge on any atom is 0.148 e. The molecule has 0 radical (unpaired) electrons. The summed E-state index contributed by atoms with van der Waals surface area (Å²) in [6.45, 7) is 4.69. The molecule has 2 rings (SSSR count). The number of piperazine rings is 1. The van der Waals surface area contributed by atoms with E-state index in [0.717, 1.165) is 31.7 Å². The number of amidine groups is 1. The van der Waals surface area contributed by atoms with Gasteiger partial charge in [0.2, 0.25) is 0 Å². The van der Waals surface area contributed by atoms with Crippen LogP contribution in [0.4, 0.5) is 0 Å².